The van der Waals surface area contributed by atoms with Crippen LogP contribution in [-0.4, -0.2) is 31.7 Å². The highest BCUT2D eigenvalue weighted by atomic mass is 16.5. The minimum absolute atomic E-state index is 0.174. The first-order chi connectivity index (χ1) is 6.34. The Hall–Kier alpha value is -0.410. The summed E-state index contributed by atoms with van der Waals surface area (Å²) in [6, 6.07) is 0. The lowest BCUT2D eigenvalue weighted by molar-refractivity contribution is -0.129. The first kappa shape index (κ1) is 9.16. The largest absolute Gasteiger partial charge is 0.381 e. The Balaban J connectivity index is 1.76. The molecule has 74 valence electrons. The van der Waals surface area contributed by atoms with Crippen molar-refractivity contribution in [1.29, 1.82) is 0 Å². The number of hydrogen-bond acceptors (Lipinski definition) is 3. The molecular formula is C10H16O3. The van der Waals surface area contributed by atoms with E-state index >= 15 is 0 Å². The summed E-state index contributed by atoms with van der Waals surface area (Å²) in [5.41, 5.74) is 0. The molecule has 0 aromatic heterocycles. The van der Waals surface area contributed by atoms with Crippen LogP contribution in [0.5, 0.6) is 0 Å². The van der Waals surface area contributed by atoms with Gasteiger partial charge in [0.15, 0.2) is 0 Å². The third-order valence-corrected chi connectivity index (χ3v) is 2.81. The number of carbonyl (C=O) groups is 1. The first-order valence-electron chi connectivity index (χ1n) is 5.05. The lowest BCUT2D eigenvalue weighted by Crippen LogP contribution is -2.27. The van der Waals surface area contributed by atoms with Gasteiger partial charge in [-0.3, -0.25) is 4.79 Å². The zero-order chi connectivity index (χ0) is 9.10. The Labute approximate surface area is 78.4 Å². The van der Waals surface area contributed by atoms with Gasteiger partial charge in [0.05, 0.1) is 12.7 Å². The fraction of sp³-hybridized carbons (Fsp3) is 0.900. The average molecular weight is 184 g/mol. The molecule has 2 fully saturated rings. The minimum Gasteiger partial charge on any atom is -0.381 e. The van der Waals surface area contributed by atoms with Gasteiger partial charge in [0.2, 0.25) is 0 Å². The van der Waals surface area contributed by atoms with E-state index in [9.17, 15) is 4.79 Å². The van der Waals surface area contributed by atoms with E-state index in [4.69, 9.17) is 9.47 Å². The van der Waals surface area contributed by atoms with Gasteiger partial charge in [0, 0.05) is 26.1 Å². The van der Waals surface area contributed by atoms with Crippen LogP contribution in [-0.2, 0) is 14.3 Å². The van der Waals surface area contributed by atoms with Gasteiger partial charge < -0.3 is 9.47 Å². The molecule has 2 rings (SSSR count). The second-order valence-corrected chi connectivity index (χ2v) is 3.95. The fourth-order valence-corrected chi connectivity index (χ4v) is 2.05. The van der Waals surface area contributed by atoms with E-state index in [2.05, 4.69) is 0 Å². The Morgan fingerprint density at radius 2 is 2.31 bits per heavy atom. The number of hydrogen-bond donors (Lipinski definition) is 0. The van der Waals surface area contributed by atoms with E-state index in [0.29, 0.717) is 31.1 Å². The average Bonchev–Trinajstić information content (AvgIpc) is 2.57. The van der Waals surface area contributed by atoms with Crippen molar-refractivity contribution in [3.63, 3.8) is 0 Å². The molecule has 2 saturated heterocycles. The van der Waals surface area contributed by atoms with E-state index in [1.165, 1.54) is 0 Å². The van der Waals surface area contributed by atoms with Crippen LogP contribution in [0, 0.1) is 5.92 Å². The SMILES string of the molecule is O=C1CCOC(CC2CCOC2)C1. The van der Waals surface area contributed by atoms with Crippen molar-refractivity contribution in [1.82, 2.24) is 0 Å². The van der Waals surface area contributed by atoms with Gasteiger partial charge >= 0.3 is 0 Å². The van der Waals surface area contributed by atoms with E-state index in [1.807, 2.05) is 0 Å². The van der Waals surface area contributed by atoms with E-state index in [0.717, 1.165) is 26.1 Å². The van der Waals surface area contributed by atoms with Gasteiger partial charge in [0.25, 0.3) is 0 Å². The molecular weight excluding hydrogens is 168 g/mol. The van der Waals surface area contributed by atoms with Crippen molar-refractivity contribution in [2.24, 2.45) is 5.92 Å². The van der Waals surface area contributed by atoms with Gasteiger partial charge in [-0.25, -0.2) is 0 Å². The van der Waals surface area contributed by atoms with Crippen LogP contribution in [0.3, 0.4) is 0 Å². The molecule has 0 N–H and O–H groups in total. The van der Waals surface area contributed by atoms with Gasteiger partial charge in [0.1, 0.15) is 5.78 Å². The molecule has 3 nitrogen and oxygen atoms in total. The Bertz CT molecular complexity index is 185. The number of ketones is 1. The van der Waals surface area contributed by atoms with Gasteiger partial charge in [-0.15, -0.1) is 0 Å². The molecule has 2 aliphatic heterocycles. The molecule has 0 spiro atoms. The summed E-state index contributed by atoms with van der Waals surface area (Å²) < 4.78 is 10.8. The molecule has 3 heteroatoms. The molecule has 0 radical (unpaired) electrons. The van der Waals surface area contributed by atoms with E-state index < -0.39 is 0 Å². The molecule has 0 aromatic rings. The zero-order valence-corrected chi connectivity index (χ0v) is 7.83. The predicted molar refractivity (Wildman–Crippen MR) is 47.5 cm³/mol. The van der Waals surface area contributed by atoms with Crippen LogP contribution < -0.4 is 0 Å². The maximum atomic E-state index is 11.1. The first-order valence-corrected chi connectivity index (χ1v) is 5.05. The van der Waals surface area contributed by atoms with Crippen LogP contribution in [0.25, 0.3) is 0 Å². The molecule has 0 amide bonds. The topological polar surface area (TPSA) is 35.5 Å². The summed E-state index contributed by atoms with van der Waals surface area (Å²) in [7, 11) is 0. The number of carbonyl (C=O) groups excluding carboxylic acids is 1. The van der Waals surface area contributed by atoms with E-state index in [1.54, 1.807) is 0 Å². The molecule has 0 aliphatic carbocycles. The Morgan fingerprint density at radius 1 is 1.38 bits per heavy atom. The summed E-state index contributed by atoms with van der Waals surface area (Å²) >= 11 is 0. The lowest BCUT2D eigenvalue weighted by atomic mass is 9.96. The highest BCUT2D eigenvalue weighted by Crippen LogP contribution is 2.23. The highest BCUT2D eigenvalue weighted by Gasteiger charge is 2.25. The van der Waals surface area contributed by atoms with Crippen molar-refractivity contribution in [3.8, 4) is 0 Å². The normalized spacial score (nSPS) is 35.2. The number of rotatable bonds is 2. The molecule has 13 heavy (non-hydrogen) atoms. The fourth-order valence-electron chi connectivity index (χ4n) is 2.05. The zero-order valence-electron chi connectivity index (χ0n) is 7.83. The highest BCUT2D eigenvalue weighted by molar-refractivity contribution is 5.79. The Morgan fingerprint density at radius 3 is 3.00 bits per heavy atom. The van der Waals surface area contributed by atoms with Gasteiger partial charge in [-0.2, -0.15) is 0 Å². The lowest BCUT2D eigenvalue weighted by Gasteiger charge is -2.23. The quantitative estimate of drug-likeness (QED) is 0.646. The van der Waals surface area contributed by atoms with E-state index in [-0.39, 0.29) is 6.10 Å². The van der Waals surface area contributed by atoms with Crippen LogP contribution in [0.1, 0.15) is 25.7 Å². The number of Topliss-reactive ketones (excluding diaryl/α,β-unsaturated/α-hetero) is 1. The van der Waals surface area contributed by atoms with Crippen LogP contribution in [0.4, 0.5) is 0 Å². The maximum Gasteiger partial charge on any atom is 0.137 e. The smallest absolute Gasteiger partial charge is 0.137 e. The molecule has 2 heterocycles. The molecule has 2 aliphatic rings. The second-order valence-electron chi connectivity index (χ2n) is 3.95. The van der Waals surface area contributed by atoms with Crippen molar-refractivity contribution < 1.29 is 14.3 Å². The molecule has 0 bridgehead atoms. The van der Waals surface area contributed by atoms with Crippen molar-refractivity contribution >= 4 is 5.78 Å². The molecule has 2 atom stereocenters. The van der Waals surface area contributed by atoms with Gasteiger partial charge in [-0.05, 0) is 18.8 Å². The van der Waals surface area contributed by atoms with Crippen LogP contribution in [0.2, 0.25) is 0 Å². The predicted octanol–water partition coefficient (Wildman–Crippen LogP) is 1.16. The standard InChI is InChI=1S/C10H16O3/c11-9-2-4-13-10(6-9)5-8-1-3-12-7-8/h8,10H,1-7H2. The van der Waals surface area contributed by atoms with Crippen LogP contribution >= 0.6 is 0 Å². The van der Waals surface area contributed by atoms with Crippen molar-refractivity contribution in [3.05, 3.63) is 0 Å². The van der Waals surface area contributed by atoms with Crippen molar-refractivity contribution in [2.75, 3.05) is 19.8 Å². The van der Waals surface area contributed by atoms with Gasteiger partial charge in [-0.1, -0.05) is 0 Å². The minimum atomic E-state index is 0.174. The summed E-state index contributed by atoms with van der Waals surface area (Å²) in [6.07, 6.45) is 3.54. The third kappa shape index (κ3) is 2.51. The summed E-state index contributed by atoms with van der Waals surface area (Å²) in [5, 5.41) is 0. The molecule has 0 saturated carbocycles. The molecule has 2 unspecified atom stereocenters. The monoisotopic (exact) mass is 184 g/mol. The summed E-state index contributed by atoms with van der Waals surface area (Å²) in [4.78, 5) is 11.1. The number of ether oxygens (including phenoxy) is 2. The third-order valence-electron chi connectivity index (χ3n) is 2.81. The second kappa shape index (κ2) is 4.20. The Kier molecular flexibility index (Phi) is 2.96. The summed E-state index contributed by atoms with van der Waals surface area (Å²) in [6.45, 7) is 2.36. The summed E-state index contributed by atoms with van der Waals surface area (Å²) in [5.74, 6) is 0.978. The maximum absolute atomic E-state index is 11.1. The van der Waals surface area contributed by atoms with Crippen LogP contribution in [0.15, 0.2) is 0 Å². The molecule has 0 aromatic carbocycles. The van der Waals surface area contributed by atoms with Crippen molar-refractivity contribution in [2.45, 2.75) is 31.8 Å².